The zero-order valence-corrected chi connectivity index (χ0v) is 12.4. The fourth-order valence-corrected chi connectivity index (χ4v) is 2.53. The Bertz CT molecular complexity index is 662. The Hall–Kier alpha value is -2.41. The summed E-state index contributed by atoms with van der Waals surface area (Å²) in [7, 11) is 0. The van der Waals surface area contributed by atoms with Gasteiger partial charge < -0.3 is 14.5 Å². The van der Waals surface area contributed by atoms with Crippen LogP contribution in [0.2, 0.25) is 0 Å². The topological polar surface area (TPSA) is 82.7 Å². The Labute approximate surface area is 128 Å². The average Bonchev–Trinajstić information content (AvgIpc) is 2.93. The number of aromatic nitrogens is 2. The zero-order chi connectivity index (χ0) is 15.5. The normalized spacial score (nSPS) is 16.0. The summed E-state index contributed by atoms with van der Waals surface area (Å²) in [4.78, 5) is 20.2. The summed E-state index contributed by atoms with van der Waals surface area (Å²) in [6, 6.07) is 5.00. The molecule has 1 aliphatic heterocycles. The highest BCUT2D eigenvalue weighted by atomic mass is 16.5. The van der Waals surface area contributed by atoms with Crippen molar-refractivity contribution >= 4 is 5.91 Å². The summed E-state index contributed by atoms with van der Waals surface area (Å²) in [5, 5.41) is 13.6. The highest BCUT2D eigenvalue weighted by Crippen LogP contribution is 2.17. The number of hydrogen-bond donors (Lipinski definition) is 1. The first-order chi connectivity index (χ1) is 10.6. The van der Waals surface area contributed by atoms with Gasteiger partial charge in [0.15, 0.2) is 11.5 Å². The molecule has 0 radical (unpaired) electrons. The van der Waals surface area contributed by atoms with Gasteiger partial charge >= 0.3 is 0 Å². The number of carbonyl (C=O) groups is 1. The van der Waals surface area contributed by atoms with Crippen molar-refractivity contribution < 1.29 is 14.4 Å². The van der Waals surface area contributed by atoms with Crippen molar-refractivity contribution in [3.8, 4) is 5.75 Å². The van der Waals surface area contributed by atoms with Crippen LogP contribution in [-0.2, 0) is 6.54 Å². The van der Waals surface area contributed by atoms with E-state index in [9.17, 15) is 9.90 Å². The molecule has 0 unspecified atom stereocenters. The molecule has 3 heterocycles. The molecular weight excluding hydrogens is 284 g/mol. The molecule has 1 aliphatic rings. The van der Waals surface area contributed by atoms with Crippen LogP contribution in [0.1, 0.15) is 21.9 Å². The van der Waals surface area contributed by atoms with Gasteiger partial charge in [-0.25, -0.2) is 4.98 Å². The van der Waals surface area contributed by atoms with E-state index in [-0.39, 0.29) is 17.4 Å². The van der Waals surface area contributed by atoms with Crippen molar-refractivity contribution in [1.82, 2.24) is 19.9 Å². The van der Waals surface area contributed by atoms with E-state index in [1.807, 2.05) is 13.0 Å². The molecule has 0 spiro atoms. The van der Waals surface area contributed by atoms with Gasteiger partial charge in [-0.15, -0.1) is 0 Å². The lowest BCUT2D eigenvalue weighted by atomic mass is 10.2. The first kappa shape index (κ1) is 14.5. The molecule has 7 nitrogen and oxygen atoms in total. The molecule has 2 aromatic rings. The van der Waals surface area contributed by atoms with Crippen molar-refractivity contribution in [2.45, 2.75) is 13.5 Å². The van der Waals surface area contributed by atoms with E-state index in [0.29, 0.717) is 19.6 Å². The van der Waals surface area contributed by atoms with Crippen LogP contribution in [0, 0.1) is 6.92 Å². The molecule has 3 rings (SSSR count). The summed E-state index contributed by atoms with van der Waals surface area (Å²) in [6.07, 6.45) is 1.51. The highest BCUT2D eigenvalue weighted by Gasteiger charge is 2.25. The van der Waals surface area contributed by atoms with Crippen molar-refractivity contribution in [2.75, 3.05) is 26.2 Å². The minimum absolute atomic E-state index is 0.0768. The summed E-state index contributed by atoms with van der Waals surface area (Å²) < 4.78 is 5.21. The van der Waals surface area contributed by atoms with Crippen LogP contribution in [0.15, 0.2) is 28.9 Å². The van der Waals surface area contributed by atoms with Crippen molar-refractivity contribution in [3.63, 3.8) is 0 Å². The van der Waals surface area contributed by atoms with Crippen LogP contribution in [0.4, 0.5) is 0 Å². The Morgan fingerprint density at radius 1 is 1.36 bits per heavy atom. The van der Waals surface area contributed by atoms with E-state index < -0.39 is 0 Å². The van der Waals surface area contributed by atoms with Crippen LogP contribution in [0.5, 0.6) is 5.75 Å². The number of rotatable bonds is 3. The third-order valence-electron chi connectivity index (χ3n) is 3.70. The van der Waals surface area contributed by atoms with Gasteiger partial charge in [0.1, 0.15) is 5.75 Å². The average molecular weight is 302 g/mol. The van der Waals surface area contributed by atoms with Gasteiger partial charge in [0.2, 0.25) is 0 Å². The molecule has 116 valence electrons. The van der Waals surface area contributed by atoms with E-state index in [1.54, 1.807) is 11.0 Å². The molecule has 0 bridgehead atoms. The first-order valence-corrected chi connectivity index (χ1v) is 7.21. The van der Waals surface area contributed by atoms with Crippen molar-refractivity contribution in [1.29, 1.82) is 0 Å². The number of hydrogen-bond acceptors (Lipinski definition) is 6. The Kier molecular flexibility index (Phi) is 4.06. The van der Waals surface area contributed by atoms with Gasteiger partial charge in [0, 0.05) is 38.4 Å². The second kappa shape index (κ2) is 6.15. The Morgan fingerprint density at radius 2 is 2.14 bits per heavy atom. The van der Waals surface area contributed by atoms with Crippen LogP contribution < -0.4 is 0 Å². The molecule has 7 heteroatoms. The van der Waals surface area contributed by atoms with Gasteiger partial charge in [-0.05, 0) is 19.1 Å². The minimum atomic E-state index is -0.228. The lowest BCUT2D eigenvalue weighted by Crippen LogP contribution is -2.48. The molecule has 1 amide bonds. The summed E-state index contributed by atoms with van der Waals surface area (Å²) in [5.41, 5.74) is 0.983. The summed E-state index contributed by atoms with van der Waals surface area (Å²) in [6.45, 7) is 5.28. The van der Waals surface area contributed by atoms with E-state index in [4.69, 9.17) is 4.52 Å². The third kappa shape index (κ3) is 3.09. The Balaban J connectivity index is 1.57. The molecule has 0 saturated carbocycles. The molecule has 22 heavy (non-hydrogen) atoms. The summed E-state index contributed by atoms with van der Waals surface area (Å²) >= 11 is 0. The molecule has 0 aliphatic carbocycles. The second-order valence-corrected chi connectivity index (χ2v) is 5.37. The monoisotopic (exact) mass is 302 g/mol. The first-order valence-electron chi connectivity index (χ1n) is 7.21. The molecule has 1 fully saturated rings. The maximum absolute atomic E-state index is 12.3. The third-order valence-corrected chi connectivity index (χ3v) is 3.70. The van der Waals surface area contributed by atoms with Gasteiger partial charge in [-0.3, -0.25) is 9.69 Å². The van der Waals surface area contributed by atoms with E-state index in [1.165, 1.54) is 12.3 Å². The maximum Gasteiger partial charge on any atom is 0.276 e. The highest BCUT2D eigenvalue weighted by molar-refractivity contribution is 5.94. The predicted octanol–water partition coefficient (Wildman–Crippen LogP) is 1.04. The van der Waals surface area contributed by atoms with Gasteiger partial charge in [0.05, 0.1) is 12.2 Å². The Morgan fingerprint density at radius 3 is 2.77 bits per heavy atom. The smallest absolute Gasteiger partial charge is 0.276 e. The largest absolute Gasteiger partial charge is 0.505 e. The number of amides is 1. The van der Waals surface area contributed by atoms with Crippen LogP contribution in [0.25, 0.3) is 0 Å². The summed E-state index contributed by atoms with van der Waals surface area (Å²) in [5.74, 6) is 0.528. The van der Waals surface area contributed by atoms with Crippen molar-refractivity contribution in [2.24, 2.45) is 0 Å². The second-order valence-electron chi connectivity index (χ2n) is 5.37. The quantitative estimate of drug-likeness (QED) is 0.912. The molecule has 0 atom stereocenters. The van der Waals surface area contributed by atoms with Gasteiger partial charge in [0.25, 0.3) is 5.91 Å². The van der Waals surface area contributed by atoms with E-state index in [2.05, 4.69) is 15.0 Å². The lowest BCUT2D eigenvalue weighted by Gasteiger charge is -2.34. The standard InChI is InChI=1S/C15H18N4O3/c1-11-9-12(22-17-11)10-18-5-7-19(8-6-18)15(21)14-13(20)3-2-4-16-14/h2-4,9,20H,5-8,10H2,1H3. The van der Waals surface area contributed by atoms with E-state index >= 15 is 0 Å². The van der Waals surface area contributed by atoms with E-state index in [0.717, 1.165) is 24.5 Å². The van der Waals surface area contributed by atoms with Crippen molar-refractivity contribution in [3.05, 3.63) is 41.5 Å². The van der Waals surface area contributed by atoms with Crippen LogP contribution >= 0.6 is 0 Å². The minimum Gasteiger partial charge on any atom is -0.505 e. The molecule has 2 aromatic heterocycles. The fraction of sp³-hybridized carbons (Fsp3) is 0.400. The number of carbonyl (C=O) groups excluding carboxylic acids is 1. The SMILES string of the molecule is Cc1cc(CN2CCN(C(=O)c3ncccc3O)CC2)on1. The van der Waals surface area contributed by atoms with Gasteiger partial charge in [-0.1, -0.05) is 5.16 Å². The number of nitrogens with zero attached hydrogens (tertiary/aromatic N) is 4. The number of piperazine rings is 1. The molecule has 1 saturated heterocycles. The fourth-order valence-electron chi connectivity index (χ4n) is 2.53. The number of aryl methyl sites for hydroxylation is 1. The number of pyridine rings is 1. The zero-order valence-electron chi connectivity index (χ0n) is 12.4. The molecule has 0 aromatic carbocycles. The predicted molar refractivity (Wildman–Crippen MR) is 78.3 cm³/mol. The van der Waals surface area contributed by atoms with Gasteiger partial charge in [-0.2, -0.15) is 0 Å². The lowest BCUT2D eigenvalue weighted by molar-refractivity contribution is 0.0608. The molecule has 1 N–H and O–H groups in total. The number of aromatic hydroxyl groups is 1. The molecular formula is C15H18N4O3. The van der Waals surface area contributed by atoms with Crippen LogP contribution in [-0.4, -0.2) is 57.1 Å². The maximum atomic E-state index is 12.3. The van der Waals surface area contributed by atoms with Crippen LogP contribution in [0.3, 0.4) is 0 Å².